The summed E-state index contributed by atoms with van der Waals surface area (Å²) in [6, 6.07) is 11.1. The van der Waals surface area contributed by atoms with Gasteiger partial charge in [0.15, 0.2) is 0 Å². The summed E-state index contributed by atoms with van der Waals surface area (Å²) in [6.45, 7) is 2.04. The van der Waals surface area contributed by atoms with Crippen molar-refractivity contribution in [1.29, 1.82) is 0 Å². The van der Waals surface area contributed by atoms with Crippen molar-refractivity contribution in [1.82, 2.24) is 0 Å². The average molecular weight is 379 g/mol. The Labute approximate surface area is 154 Å². The molecule has 144 valence electrons. The van der Waals surface area contributed by atoms with Gasteiger partial charge >= 0.3 is 18.7 Å². The predicted octanol–water partition coefficient (Wildman–Crippen LogP) is 5.06. The summed E-state index contributed by atoms with van der Waals surface area (Å²) in [5, 5.41) is 9.44. The summed E-state index contributed by atoms with van der Waals surface area (Å²) in [6.07, 6.45) is -0.807. The molecule has 6 nitrogen and oxygen atoms in total. The summed E-state index contributed by atoms with van der Waals surface area (Å²) < 4.78 is 34.3. The lowest BCUT2D eigenvalue weighted by Crippen LogP contribution is -2.34. The molecule has 27 heavy (non-hydrogen) atoms. The fourth-order valence-electron chi connectivity index (χ4n) is 2.28. The summed E-state index contributed by atoms with van der Waals surface area (Å²) in [5.74, 6) is -1.32. The third kappa shape index (κ3) is 5.40. The van der Waals surface area contributed by atoms with E-state index in [9.17, 15) is 23.5 Å². The monoisotopic (exact) mass is 379 g/mol. The summed E-state index contributed by atoms with van der Waals surface area (Å²) in [4.78, 5) is 25.4. The Bertz CT molecular complexity index is 816. The van der Waals surface area contributed by atoms with Gasteiger partial charge in [-0.25, -0.2) is 14.5 Å². The van der Waals surface area contributed by atoms with Crippen molar-refractivity contribution in [3.05, 3.63) is 54.1 Å². The largest absolute Gasteiger partial charge is 0.478 e. The molecule has 0 unspecified atom stereocenters. The van der Waals surface area contributed by atoms with E-state index in [1.54, 1.807) is 26.8 Å². The molecule has 0 atom stereocenters. The molecule has 0 heterocycles. The molecular weight excluding hydrogens is 360 g/mol. The number of rotatable bonds is 5. The zero-order valence-corrected chi connectivity index (χ0v) is 15.0. The number of para-hydroxylation sites is 1. The summed E-state index contributed by atoms with van der Waals surface area (Å²) >= 11 is 0. The van der Waals surface area contributed by atoms with Crippen molar-refractivity contribution < 1.29 is 33.0 Å². The lowest BCUT2D eigenvalue weighted by atomic mass is 10.1. The molecule has 0 saturated heterocycles. The molecule has 0 aliphatic heterocycles. The van der Waals surface area contributed by atoms with Crippen LogP contribution in [0.15, 0.2) is 48.5 Å². The molecule has 0 radical (unpaired) electrons. The highest BCUT2D eigenvalue weighted by Crippen LogP contribution is 2.32. The number of carbonyl (C=O) groups excluding carboxylic acids is 1. The molecule has 2 aromatic rings. The van der Waals surface area contributed by atoms with Crippen LogP contribution in [-0.2, 0) is 4.74 Å². The summed E-state index contributed by atoms with van der Waals surface area (Å²) in [5.41, 5.74) is -0.621. The second kappa shape index (κ2) is 8.03. The van der Waals surface area contributed by atoms with Crippen LogP contribution in [0.4, 0.5) is 25.0 Å². The maximum absolute atomic E-state index is 12.8. The minimum absolute atomic E-state index is 0.0850. The van der Waals surface area contributed by atoms with E-state index in [1.807, 2.05) is 0 Å². The number of hydrogen-bond acceptors (Lipinski definition) is 4. The van der Waals surface area contributed by atoms with Gasteiger partial charge in [0.05, 0.1) is 16.9 Å². The maximum Gasteiger partial charge on any atom is 0.419 e. The first kappa shape index (κ1) is 20.2. The third-order valence-corrected chi connectivity index (χ3v) is 3.27. The number of anilines is 2. The molecule has 0 aromatic heterocycles. The molecule has 2 aromatic carbocycles. The number of alkyl halides is 2. The Hall–Kier alpha value is -3.16. The Morgan fingerprint density at radius 2 is 1.63 bits per heavy atom. The van der Waals surface area contributed by atoms with E-state index in [-0.39, 0.29) is 22.7 Å². The first-order valence-corrected chi connectivity index (χ1v) is 7.99. The van der Waals surface area contributed by atoms with E-state index in [4.69, 9.17) is 4.74 Å². The topological polar surface area (TPSA) is 76.1 Å². The van der Waals surface area contributed by atoms with Crippen molar-refractivity contribution in [2.45, 2.75) is 33.0 Å². The van der Waals surface area contributed by atoms with Crippen LogP contribution in [0.2, 0.25) is 0 Å². The first-order valence-electron chi connectivity index (χ1n) is 7.99. The maximum atomic E-state index is 12.8. The molecule has 0 bridgehead atoms. The lowest BCUT2D eigenvalue weighted by molar-refractivity contribution is -0.0498. The highest BCUT2D eigenvalue weighted by Gasteiger charge is 2.28. The van der Waals surface area contributed by atoms with Gasteiger partial charge in [-0.05, 0) is 57.2 Å². The highest BCUT2D eigenvalue weighted by atomic mass is 19.3. The van der Waals surface area contributed by atoms with Gasteiger partial charge in [0.1, 0.15) is 11.4 Å². The molecule has 8 heteroatoms. The number of benzene rings is 2. The van der Waals surface area contributed by atoms with E-state index in [1.165, 1.54) is 42.5 Å². The molecule has 0 fully saturated rings. The van der Waals surface area contributed by atoms with Gasteiger partial charge in [0.25, 0.3) is 0 Å². The van der Waals surface area contributed by atoms with Crippen molar-refractivity contribution in [2.75, 3.05) is 4.90 Å². The van der Waals surface area contributed by atoms with Gasteiger partial charge in [-0.2, -0.15) is 8.78 Å². The molecule has 0 aliphatic rings. The predicted molar refractivity (Wildman–Crippen MR) is 94.8 cm³/mol. The van der Waals surface area contributed by atoms with Crippen molar-refractivity contribution in [3.8, 4) is 5.75 Å². The molecule has 0 saturated carbocycles. The number of aromatic carboxylic acids is 1. The molecule has 0 spiro atoms. The van der Waals surface area contributed by atoms with Gasteiger partial charge in [0, 0.05) is 0 Å². The lowest BCUT2D eigenvalue weighted by Gasteiger charge is -2.28. The van der Waals surface area contributed by atoms with E-state index < -0.39 is 24.3 Å². The van der Waals surface area contributed by atoms with E-state index in [0.29, 0.717) is 0 Å². The van der Waals surface area contributed by atoms with Crippen LogP contribution in [0.1, 0.15) is 31.1 Å². The first-order chi connectivity index (χ1) is 12.6. The molecule has 0 aliphatic carbocycles. The highest BCUT2D eigenvalue weighted by molar-refractivity contribution is 6.04. The fraction of sp³-hybridized carbons (Fsp3) is 0.263. The van der Waals surface area contributed by atoms with E-state index in [2.05, 4.69) is 4.74 Å². The number of hydrogen-bond donors (Lipinski definition) is 1. The second-order valence-corrected chi connectivity index (χ2v) is 6.51. The molecule has 1 amide bonds. The van der Waals surface area contributed by atoms with Gasteiger partial charge in [-0.15, -0.1) is 0 Å². The zero-order chi connectivity index (χ0) is 20.2. The smallest absolute Gasteiger partial charge is 0.419 e. The fourth-order valence-corrected chi connectivity index (χ4v) is 2.28. The quantitative estimate of drug-likeness (QED) is 0.786. The van der Waals surface area contributed by atoms with E-state index >= 15 is 0 Å². The Kier molecular flexibility index (Phi) is 5.99. The van der Waals surface area contributed by atoms with Crippen LogP contribution < -0.4 is 9.64 Å². The Balaban J connectivity index is 2.51. The number of carboxylic acids is 1. The Morgan fingerprint density at radius 1 is 1.04 bits per heavy atom. The van der Waals surface area contributed by atoms with Gasteiger partial charge in [-0.1, -0.05) is 12.1 Å². The average Bonchev–Trinajstić information content (AvgIpc) is 2.55. The minimum Gasteiger partial charge on any atom is -0.478 e. The number of halogens is 2. The summed E-state index contributed by atoms with van der Waals surface area (Å²) in [7, 11) is 0. The van der Waals surface area contributed by atoms with E-state index in [0.717, 1.165) is 4.90 Å². The number of nitrogens with zero attached hydrogens (tertiary/aromatic N) is 1. The number of amides is 1. The van der Waals surface area contributed by atoms with Crippen LogP contribution in [0.25, 0.3) is 0 Å². The standard InChI is InChI=1S/C19H19F2NO5/c1-19(2,3)27-18(25)22(15-7-5-4-6-14(15)16(23)24)12-8-10-13(11-9-12)26-17(20)21/h4-11,17H,1-3H3,(H,23,24). The van der Waals surface area contributed by atoms with Gasteiger partial charge < -0.3 is 14.6 Å². The van der Waals surface area contributed by atoms with Crippen LogP contribution in [0, 0.1) is 0 Å². The van der Waals surface area contributed by atoms with Crippen LogP contribution in [0.5, 0.6) is 5.75 Å². The second-order valence-electron chi connectivity index (χ2n) is 6.51. The van der Waals surface area contributed by atoms with Crippen molar-refractivity contribution in [2.24, 2.45) is 0 Å². The van der Waals surface area contributed by atoms with Crippen molar-refractivity contribution >= 4 is 23.4 Å². The van der Waals surface area contributed by atoms with Crippen LogP contribution in [-0.4, -0.2) is 29.4 Å². The number of ether oxygens (including phenoxy) is 2. The van der Waals surface area contributed by atoms with Crippen LogP contribution >= 0.6 is 0 Å². The Morgan fingerprint density at radius 3 is 2.15 bits per heavy atom. The molecular formula is C19H19F2NO5. The van der Waals surface area contributed by atoms with Crippen molar-refractivity contribution in [3.63, 3.8) is 0 Å². The SMILES string of the molecule is CC(C)(C)OC(=O)N(c1ccc(OC(F)F)cc1)c1ccccc1C(=O)O. The van der Waals surface area contributed by atoms with Gasteiger partial charge in [0.2, 0.25) is 0 Å². The van der Waals surface area contributed by atoms with Gasteiger partial charge in [-0.3, -0.25) is 0 Å². The zero-order valence-electron chi connectivity index (χ0n) is 15.0. The molecule has 2 rings (SSSR count). The number of carboxylic acid groups (broad SMARTS) is 1. The third-order valence-electron chi connectivity index (χ3n) is 3.27. The molecule has 1 N–H and O–H groups in total. The number of carbonyl (C=O) groups is 2. The van der Waals surface area contributed by atoms with Crippen LogP contribution in [0.3, 0.4) is 0 Å². The normalized spacial score (nSPS) is 11.2. The minimum atomic E-state index is -2.98.